The van der Waals surface area contributed by atoms with Gasteiger partial charge in [-0.15, -0.1) is 6.58 Å². The molecule has 0 aliphatic heterocycles. The summed E-state index contributed by atoms with van der Waals surface area (Å²) in [6, 6.07) is 5.89. The Bertz CT molecular complexity index is 459. The lowest BCUT2D eigenvalue weighted by atomic mass is 10.1. The molecule has 0 atom stereocenters. The number of H-pyrrole nitrogens is 1. The first kappa shape index (κ1) is 8.81. The van der Waals surface area contributed by atoms with E-state index >= 15 is 0 Å². The molecule has 0 saturated carbocycles. The summed E-state index contributed by atoms with van der Waals surface area (Å²) in [5.74, 6) is 0.800. The van der Waals surface area contributed by atoms with Crippen molar-refractivity contribution >= 4 is 10.9 Å². The lowest BCUT2D eigenvalue weighted by molar-refractivity contribution is 0.419. The third kappa shape index (κ3) is 1.27. The average molecular weight is 188 g/mol. The number of fused-ring (bicyclic) bond motifs is 1. The minimum absolute atomic E-state index is 0.795. The minimum atomic E-state index is 0.795. The molecule has 72 valence electrons. The SMILES string of the molecule is C=CCc1[nH]nc2c(OC)cccc12. The summed E-state index contributed by atoms with van der Waals surface area (Å²) < 4.78 is 5.21. The summed E-state index contributed by atoms with van der Waals surface area (Å²) in [5, 5.41) is 8.30. The molecule has 14 heavy (non-hydrogen) atoms. The van der Waals surface area contributed by atoms with Gasteiger partial charge in [-0.05, 0) is 6.07 Å². The van der Waals surface area contributed by atoms with Crippen LogP contribution in [0.3, 0.4) is 0 Å². The fraction of sp³-hybridized carbons (Fsp3) is 0.182. The summed E-state index contributed by atoms with van der Waals surface area (Å²) in [5.41, 5.74) is 1.96. The van der Waals surface area contributed by atoms with E-state index in [0.717, 1.165) is 28.8 Å². The summed E-state index contributed by atoms with van der Waals surface area (Å²) in [4.78, 5) is 0. The number of nitrogens with one attached hydrogen (secondary N) is 1. The Morgan fingerprint density at radius 3 is 3.14 bits per heavy atom. The van der Waals surface area contributed by atoms with E-state index in [4.69, 9.17) is 4.74 Å². The number of aromatic amines is 1. The first-order valence-electron chi connectivity index (χ1n) is 4.47. The Kier molecular flexibility index (Phi) is 2.23. The van der Waals surface area contributed by atoms with E-state index in [0.29, 0.717) is 0 Å². The molecule has 2 aromatic rings. The molecular weight excluding hydrogens is 176 g/mol. The molecule has 1 aromatic carbocycles. The van der Waals surface area contributed by atoms with Crippen LogP contribution in [-0.4, -0.2) is 17.3 Å². The van der Waals surface area contributed by atoms with Gasteiger partial charge in [-0.25, -0.2) is 0 Å². The normalized spacial score (nSPS) is 10.4. The number of aromatic nitrogens is 2. The second-order valence-electron chi connectivity index (χ2n) is 3.05. The molecule has 0 saturated heterocycles. The van der Waals surface area contributed by atoms with Gasteiger partial charge in [0.2, 0.25) is 0 Å². The van der Waals surface area contributed by atoms with Crippen LogP contribution in [-0.2, 0) is 6.42 Å². The molecule has 0 spiro atoms. The third-order valence-corrected chi connectivity index (χ3v) is 2.20. The highest BCUT2D eigenvalue weighted by Crippen LogP contribution is 2.25. The number of hydrogen-bond acceptors (Lipinski definition) is 2. The van der Waals surface area contributed by atoms with Crippen molar-refractivity contribution in [2.24, 2.45) is 0 Å². The zero-order valence-corrected chi connectivity index (χ0v) is 8.08. The van der Waals surface area contributed by atoms with E-state index in [9.17, 15) is 0 Å². The van der Waals surface area contributed by atoms with Gasteiger partial charge in [0.05, 0.1) is 7.11 Å². The highest BCUT2D eigenvalue weighted by atomic mass is 16.5. The minimum Gasteiger partial charge on any atom is -0.494 e. The maximum atomic E-state index is 5.21. The molecule has 2 rings (SSSR count). The van der Waals surface area contributed by atoms with E-state index in [1.54, 1.807) is 7.11 Å². The number of benzene rings is 1. The Hall–Kier alpha value is -1.77. The molecule has 1 heterocycles. The van der Waals surface area contributed by atoms with Gasteiger partial charge in [-0.3, -0.25) is 5.10 Å². The monoisotopic (exact) mass is 188 g/mol. The van der Waals surface area contributed by atoms with Crippen molar-refractivity contribution in [2.75, 3.05) is 7.11 Å². The van der Waals surface area contributed by atoms with E-state index in [2.05, 4.69) is 16.8 Å². The highest BCUT2D eigenvalue weighted by Gasteiger charge is 2.07. The fourth-order valence-electron chi connectivity index (χ4n) is 1.53. The van der Waals surface area contributed by atoms with Crippen LogP contribution in [0.2, 0.25) is 0 Å². The number of hydrogen-bond donors (Lipinski definition) is 1. The van der Waals surface area contributed by atoms with E-state index < -0.39 is 0 Å². The Morgan fingerprint density at radius 2 is 2.43 bits per heavy atom. The van der Waals surface area contributed by atoms with Crippen molar-refractivity contribution in [3.8, 4) is 5.75 Å². The summed E-state index contributed by atoms with van der Waals surface area (Å²) in [6.45, 7) is 3.71. The molecule has 1 N–H and O–H groups in total. The van der Waals surface area contributed by atoms with Crippen LogP contribution in [0.25, 0.3) is 10.9 Å². The van der Waals surface area contributed by atoms with Gasteiger partial charge >= 0.3 is 0 Å². The smallest absolute Gasteiger partial charge is 0.146 e. The van der Waals surface area contributed by atoms with Crippen LogP contribution >= 0.6 is 0 Å². The van der Waals surface area contributed by atoms with E-state index in [1.807, 2.05) is 24.3 Å². The lowest BCUT2D eigenvalue weighted by Gasteiger charge is -1.99. The molecule has 1 aromatic heterocycles. The van der Waals surface area contributed by atoms with E-state index in [1.165, 1.54) is 0 Å². The number of ether oxygens (including phenoxy) is 1. The topological polar surface area (TPSA) is 37.9 Å². The maximum absolute atomic E-state index is 5.21. The van der Waals surface area contributed by atoms with Gasteiger partial charge in [0.15, 0.2) is 0 Å². The van der Waals surface area contributed by atoms with Crippen molar-refractivity contribution in [1.82, 2.24) is 10.2 Å². The molecule has 0 amide bonds. The lowest BCUT2D eigenvalue weighted by Crippen LogP contribution is -1.83. The molecule has 0 unspecified atom stereocenters. The molecule has 0 bridgehead atoms. The molecule has 3 nitrogen and oxygen atoms in total. The van der Waals surface area contributed by atoms with Gasteiger partial charge in [0.1, 0.15) is 11.3 Å². The summed E-state index contributed by atoms with van der Waals surface area (Å²) >= 11 is 0. The second kappa shape index (κ2) is 3.54. The van der Waals surface area contributed by atoms with Gasteiger partial charge in [-0.1, -0.05) is 18.2 Å². The molecular formula is C11H12N2O. The largest absolute Gasteiger partial charge is 0.494 e. The molecule has 0 radical (unpaired) electrons. The van der Waals surface area contributed by atoms with Crippen LogP contribution in [0, 0.1) is 0 Å². The Labute approximate surface area is 82.4 Å². The Morgan fingerprint density at radius 1 is 1.57 bits per heavy atom. The third-order valence-electron chi connectivity index (χ3n) is 2.20. The average Bonchev–Trinajstić information content (AvgIpc) is 2.62. The zero-order chi connectivity index (χ0) is 9.97. The van der Waals surface area contributed by atoms with Crippen LogP contribution in [0.15, 0.2) is 30.9 Å². The second-order valence-corrected chi connectivity index (χ2v) is 3.05. The number of rotatable bonds is 3. The van der Waals surface area contributed by atoms with Gasteiger partial charge in [0, 0.05) is 17.5 Å². The molecule has 3 heteroatoms. The summed E-state index contributed by atoms with van der Waals surface area (Å²) in [7, 11) is 1.65. The quantitative estimate of drug-likeness (QED) is 0.750. The van der Waals surface area contributed by atoms with Crippen LogP contribution in [0.5, 0.6) is 5.75 Å². The number of methoxy groups -OCH3 is 1. The first-order valence-corrected chi connectivity index (χ1v) is 4.47. The van der Waals surface area contributed by atoms with Crippen LogP contribution in [0.1, 0.15) is 5.69 Å². The van der Waals surface area contributed by atoms with Crippen molar-refractivity contribution in [2.45, 2.75) is 6.42 Å². The fourth-order valence-corrected chi connectivity index (χ4v) is 1.53. The number of allylic oxidation sites excluding steroid dienone is 1. The van der Waals surface area contributed by atoms with Gasteiger partial charge in [0.25, 0.3) is 0 Å². The summed E-state index contributed by atoms with van der Waals surface area (Å²) in [6.07, 6.45) is 2.65. The van der Waals surface area contributed by atoms with E-state index in [-0.39, 0.29) is 0 Å². The predicted octanol–water partition coefficient (Wildman–Crippen LogP) is 2.30. The standard InChI is InChI=1S/C11H12N2O/c1-3-5-9-8-6-4-7-10(14-2)11(8)13-12-9/h3-4,6-7H,1,5H2,2H3,(H,12,13). The maximum Gasteiger partial charge on any atom is 0.146 e. The Balaban J connectivity index is 2.63. The van der Waals surface area contributed by atoms with Crippen LogP contribution < -0.4 is 4.74 Å². The van der Waals surface area contributed by atoms with Crippen molar-refractivity contribution in [1.29, 1.82) is 0 Å². The highest BCUT2D eigenvalue weighted by molar-refractivity contribution is 5.86. The van der Waals surface area contributed by atoms with Crippen molar-refractivity contribution in [3.63, 3.8) is 0 Å². The first-order chi connectivity index (χ1) is 6.86. The van der Waals surface area contributed by atoms with Gasteiger partial charge < -0.3 is 4.74 Å². The van der Waals surface area contributed by atoms with Crippen LogP contribution in [0.4, 0.5) is 0 Å². The van der Waals surface area contributed by atoms with Crippen molar-refractivity contribution in [3.05, 3.63) is 36.5 Å². The number of nitrogens with zero attached hydrogens (tertiary/aromatic N) is 1. The zero-order valence-electron chi connectivity index (χ0n) is 8.08. The molecule has 0 aliphatic rings. The number of para-hydroxylation sites is 1. The predicted molar refractivity (Wildman–Crippen MR) is 56.5 cm³/mol. The van der Waals surface area contributed by atoms with Gasteiger partial charge in [-0.2, -0.15) is 5.10 Å². The molecule has 0 aliphatic carbocycles. The molecule has 0 fully saturated rings. The van der Waals surface area contributed by atoms with Crippen molar-refractivity contribution < 1.29 is 4.74 Å².